The smallest absolute Gasteiger partial charge is 0.191 e. The van der Waals surface area contributed by atoms with Gasteiger partial charge in [-0.1, -0.05) is 37.5 Å². The molecule has 1 fully saturated rings. The summed E-state index contributed by atoms with van der Waals surface area (Å²) < 4.78 is 6.30. The topological polar surface area (TPSA) is 26.3 Å². The van der Waals surface area contributed by atoms with Crippen LogP contribution in [-0.4, -0.2) is 17.5 Å². The molecule has 100 valence electrons. The Hall–Kier alpha value is -1.15. The van der Waals surface area contributed by atoms with Crippen LogP contribution in [0.3, 0.4) is 0 Å². The van der Waals surface area contributed by atoms with Gasteiger partial charge in [-0.25, -0.2) is 0 Å². The minimum atomic E-state index is -0.694. The van der Waals surface area contributed by atoms with E-state index in [4.69, 9.17) is 4.74 Å². The van der Waals surface area contributed by atoms with E-state index >= 15 is 0 Å². The number of allylic oxidation sites excluding steroid dienone is 2. The molecular formula is C17H20O2. The molecule has 0 N–H and O–H groups in total. The number of carbonyl (C=O) groups excluding carboxylic acids is 1. The molecule has 0 saturated heterocycles. The zero-order chi connectivity index (χ0) is 13.1. The van der Waals surface area contributed by atoms with E-state index < -0.39 is 5.60 Å². The van der Waals surface area contributed by atoms with Gasteiger partial charge in [0.25, 0.3) is 0 Å². The van der Waals surface area contributed by atoms with Gasteiger partial charge in [-0.3, -0.25) is 4.79 Å². The van der Waals surface area contributed by atoms with Crippen molar-refractivity contribution in [2.75, 3.05) is 0 Å². The zero-order valence-corrected chi connectivity index (χ0v) is 11.4. The minimum Gasteiger partial charge on any atom is -0.354 e. The van der Waals surface area contributed by atoms with Gasteiger partial charge < -0.3 is 4.74 Å². The fourth-order valence-corrected chi connectivity index (χ4v) is 4.52. The van der Waals surface area contributed by atoms with E-state index in [-0.39, 0.29) is 17.3 Å². The Kier molecular flexibility index (Phi) is 2.27. The summed E-state index contributed by atoms with van der Waals surface area (Å²) in [7, 11) is 0. The van der Waals surface area contributed by atoms with Crippen LogP contribution in [0.4, 0.5) is 0 Å². The van der Waals surface area contributed by atoms with Crippen molar-refractivity contribution in [3.05, 3.63) is 35.5 Å². The molecule has 0 amide bonds. The van der Waals surface area contributed by atoms with Gasteiger partial charge >= 0.3 is 0 Å². The van der Waals surface area contributed by atoms with Crippen molar-refractivity contribution in [2.24, 2.45) is 5.41 Å². The Labute approximate surface area is 114 Å². The molecule has 0 aromatic carbocycles. The molecule has 2 bridgehead atoms. The summed E-state index contributed by atoms with van der Waals surface area (Å²) in [5, 5.41) is 0. The van der Waals surface area contributed by atoms with Gasteiger partial charge in [0.05, 0.1) is 6.10 Å². The minimum absolute atomic E-state index is 0.0944. The van der Waals surface area contributed by atoms with Crippen molar-refractivity contribution in [1.29, 1.82) is 0 Å². The van der Waals surface area contributed by atoms with Crippen LogP contribution in [0.1, 0.15) is 45.4 Å². The average molecular weight is 256 g/mol. The summed E-state index contributed by atoms with van der Waals surface area (Å²) in [5.74, 6) is 0.116. The largest absolute Gasteiger partial charge is 0.354 e. The third-order valence-electron chi connectivity index (χ3n) is 5.59. The molecule has 2 aliphatic carbocycles. The van der Waals surface area contributed by atoms with Crippen molar-refractivity contribution >= 4 is 5.78 Å². The highest BCUT2D eigenvalue weighted by Gasteiger charge is 2.56. The molecule has 2 nitrogen and oxygen atoms in total. The van der Waals surface area contributed by atoms with Crippen LogP contribution in [0.2, 0.25) is 0 Å². The molecule has 2 heteroatoms. The van der Waals surface area contributed by atoms with E-state index in [9.17, 15) is 4.79 Å². The average Bonchev–Trinajstić information content (AvgIpc) is 2.93. The van der Waals surface area contributed by atoms with Crippen LogP contribution in [0.25, 0.3) is 0 Å². The lowest BCUT2D eigenvalue weighted by molar-refractivity contribution is -0.153. The molecule has 2 atom stereocenters. The highest BCUT2D eigenvalue weighted by Crippen LogP contribution is 2.57. The molecule has 19 heavy (non-hydrogen) atoms. The van der Waals surface area contributed by atoms with Crippen LogP contribution in [0, 0.1) is 5.41 Å². The normalized spacial score (nSPS) is 39.0. The Bertz CT molecular complexity index is 531. The molecule has 4 rings (SSSR count). The first kappa shape index (κ1) is 11.7. The number of carbonyl (C=O) groups is 1. The van der Waals surface area contributed by atoms with E-state index in [2.05, 4.69) is 12.2 Å². The van der Waals surface area contributed by atoms with Crippen LogP contribution >= 0.6 is 0 Å². The standard InChI is InChI=1S/C17H20O2/c1-16-12-6-5-7-13(12)17(10-3-2-4-11-17)15(19-16)9-8-14(16)18/h5,7-9,15H,2-4,6,10-11H2,1H3/t15-,16-/m1/s1. The second kappa shape index (κ2) is 3.69. The second-order valence-corrected chi connectivity index (χ2v) is 6.51. The number of hydrogen-bond acceptors (Lipinski definition) is 2. The van der Waals surface area contributed by atoms with Crippen LogP contribution in [0.15, 0.2) is 35.5 Å². The van der Waals surface area contributed by atoms with Gasteiger partial charge in [0.15, 0.2) is 11.4 Å². The summed E-state index contributed by atoms with van der Waals surface area (Å²) >= 11 is 0. The third kappa shape index (κ3) is 1.33. The molecule has 2 aliphatic heterocycles. The summed E-state index contributed by atoms with van der Waals surface area (Å²) in [6, 6.07) is 0. The van der Waals surface area contributed by atoms with E-state index in [1.165, 1.54) is 43.3 Å². The lowest BCUT2D eigenvalue weighted by atomic mass is 9.60. The first-order chi connectivity index (χ1) is 9.17. The molecule has 0 aromatic heterocycles. The summed E-state index contributed by atoms with van der Waals surface area (Å²) in [6.07, 6.45) is 15.6. The van der Waals surface area contributed by atoms with Gasteiger partial charge in [0, 0.05) is 5.41 Å². The summed E-state index contributed by atoms with van der Waals surface area (Å²) in [4.78, 5) is 12.3. The lowest BCUT2D eigenvalue weighted by Crippen LogP contribution is -2.55. The number of ketones is 1. The van der Waals surface area contributed by atoms with E-state index in [1.807, 2.05) is 13.0 Å². The maximum Gasteiger partial charge on any atom is 0.191 e. The summed E-state index contributed by atoms with van der Waals surface area (Å²) in [6.45, 7) is 1.96. The molecule has 2 heterocycles. The molecule has 4 aliphatic rings. The van der Waals surface area contributed by atoms with Gasteiger partial charge in [-0.15, -0.1) is 0 Å². The monoisotopic (exact) mass is 256 g/mol. The molecular weight excluding hydrogens is 236 g/mol. The van der Waals surface area contributed by atoms with Crippen molar-refractivity contribution < 1.29 is 9.53 Å². The number of rotatable bonds is 0. The first-order valence-corrected chi connectivity index (χ1v) is 7.48. The maximum absolute atomic E-state index is 12.3. The fraction of sp³-hybridized carbons (Fsp3) is 0.588. The number of ether oxygens (including phenoxy) is 1. The highest BCUT2D eigenvalue weighted by molar-refractivity contribution is 6.01. The van der Waals surface area contributed by atoms with Crippen molar-refractivity contribution in [3.63, 3.8) is 0 Å². The summed E-state index contributed by atoms with van der Waals surface area (Å²) in [5.41, 5.74) is 2.13. The predicted molar refractivity (Wildman–Crippen MR) is 73.7 cm³/mol. The predicted octanol–water partition coefficient (Wildman–Crippen LogP) is 3.49. The van der Waals surface area contributed by atoms with Crippen molar-refractivity contribution in [1.82, 2.24) is 0 Å². The SMILES string of the molecule is C[C@]12O[C@H](C=CC1=O)C1(CCCCC1)C1=C2CC=C1. The molecule has 1 spiro atoms. The van der Waals surface area contributed by atoms with Gasteiger partial charge in [0.2, 0.25) is 0 Å². The van der Waals surface area contributed by atoms with Crippen molar-refractivity contribution in [3.8, 4) is 0 Å². The number of fused-ring (bicyclic) bond motifs is 5. The number of hydrogen-bond donors (Lipinski definition) is 0. The van der Waals surface area contributed by atoms with E-state index in [0.717, 1.165) is 6.42 Å². The second-order valence-electron chi connectivity index (χ2n) is 6.51. The molecule has 0 radical (unpaired) electrons. The molecule has 1 saturated carbocycles. The molecule has 0 aromatic rings. The zero-order valence-electron chi connectivity index (χ0n) is 11.4. The van der Waals surface area contributed by atoms with Gasteiger partial charge in [-0.05, 0) is 43.4 Å². The Morgan fingerprint density at radius 3 is 2.79 bits per heavy atom. The van der Waals surface area contributed by atoms with E-state index in [1.54, 1.807) is 6.08 Å². The Balaban J connectivity index is 1.92. The van der Waals surface area contributed by atoms with Crippen LogP contribution < -0.4 is 0 Å². The lowest BCUT2D eigenvalue weighted by Gasteiger charge is -2.53. The van der Waals surface area contributed by atoms with Gasteiger partial charge in [-0.2, -0.15) is 0 Å². The fourth-order valence-electron chi connectivity index (χ4n) is 4.52. The quantitative estimate of drug-likeness (QED) is 0.663. The maximum atomic E-state index is 12.3. The van der Waals surface area contributed by atoms with Gasteiger partial charge in [0.1, 0.15) is 0 Å². The highest BCUT2D eigenvalue weighted by atomic mass is 16.5. The van der Waals surface area contributed by atoms with Crippen LogP contribution in [-0.2, 0) is 9.53 Å². The van der Waals surface area contributed by atoms with Crippen molar-refractivity contribution in [2.45, 2.75) is 57.2 Å². The first-order valence-electron chi connectivity index (χ1n) is 7.48. The van der Waals surface area contributed by atoms with E-state index in [0.29, 0.717) is 0 Å². The Morgan fingerprint density at radius 1 is 1.21 bits per heavy atom. The molecule has 0 unspecified atom stereocenters. The third-order valence-corrected chi connectivity index (χ3v) is 5.59. The Morgan fingerprint density at radius 2 is 2.00 bits per heavy atom. The van der Waals surface area contributed by atoms with Crippen LogP contribution in [0.5, 0.6) is 0 Å².